The molecule has 0 aromatic heterocycles. The van der Waals surface area contributed by atoms with Crippen molar-refractivity contribution in [3.63, 3.8) is 0 Å². The third kappa shape index (κ3) is 6.46. The minimum atomic E-state index is -3.86. The molecule has 262 valence electrons. The Morgan fingerprint density at radius 2 is 1.80 bits per heavy atom. The fraction of sp³-hybridized carbons (Fsp3) is 0.432. The number of amides is 3. The lowest BCUT2D eigenvalue weighted by molar-refractivity contribution is -0.137. The van der Waals surface area contributed by atoms with E-state index in [0.29, 0.717) is 37.3 Å². The summed E-state index contributed by atoms with van der Waals surface area (Å²) in [6.07, 6.45) is 6.59. The van der Waals surface area contributed by atoms with Gasteiger partial charge in [-0.05, 0) is 74.8 Å². The summed E-state index contributed by atoms with van der Waals surface area (Å²) in [4.78, 5) is 60.2. The highest BCUT2D eigenvalue weighted by Crippen LogP contribution is 2.46. The second-order valence-electron chi connectivity index (χ2n) is 13.8. The molecule has 3 amide bonds. The molecule has 1 heterocycles. The minimum Gasteiger partial charge on any atom is -0.490 e. The summed E-state index contributed by atoms with van der Waals surface area (Å²) in [5.74, 6) is -3.75. The number of carbonyl (C=O) groups is 4. The van der Waals surface area contributed by atoms with Crippen molar-refractivity contribution in [1.82, 2.24) is 15.4 Å². The Morgan fingerprint density at radius 3 is 2.54 bits per heavy atom. The number of nitrogens with zero attached hydrogens (tertiary/aromatic N) is 1. The number of Topliss-reactive ketones (excluding diaryl/α,β-unsaturated/α-hetero) is 1. The van der Waals surface area contributed by atoms with E-state index in [2.05, 4.69) is 27.1 Å². The van der Waals surface area contributed by atoms with Gasteiger partial charge in [-0.2, -0.15) is 0 Å². The van der Waals surface area contributed by atoms with Crippen LogP contribution in [0.4, 0.5) is 0 Å². The zero-order valence-corrected chi connectivity index (χ0v) is 28.5. The molecule has 2 aromatic carbocycles. The van der Waals surface area contributed by atoms with E-state index in [-0.39, 0.29) is 31.5 Å². The molecular formula is C37H40N4O8S. The molecule has 7 rings (SSSR count). The van der Waals surface area contributed by atoms with Gasteiger partial charge in [0, 0.05) is 23.5 Å². The maximum atomic E-state index is 14.0. The Hall–Kier alpha value is -4.78. The summed E-state index contributed by atoms with van der Waals surface area (Å²) in [7, 11) is -3.86. The summed E-state index contributed by atoms with van der Waals surface area (Å²) in [5, 5.41) is 9.57. The van der Waals surface area contributed by atoms with Gasteiger partial charge in [0.15, 0.2) is 5.78 Å². The first-order chi connectivity index (χ1) is 24.0. The second-order valence-corrected chi connectivity index (χ2v) is 15.8. The Kier molecular flexibility index (Phi) is 8.87. The third-order valence-electron chi connectivity index (χ3n) is 10.4. The minimum absolute atomic E-state index is 0.0995. The van der Waals surface area contributed by atoms with Crippen molar-refractivity contribution in [1.29, 1.82) is 0 Å². The van der Waals surface area contributed by atoms with Gasteiger partial charge in [-0.3, -0.25) is 23.9 Å². The molecule has 4 bridgehead atoms. The maximum Gasteiger partial charge on any atom is 0.259 e. The number of carbonyl (C=O) groups excluding carboxylic acids is 4. The third-order valence-corrected chi connectivity index (χ3v) is 12.2. The van der Waals surface area contributed by atoms with E-state index in [1.165, 1.54) is 6.08 Å². The molecule has 12 nitrogen and oxygen atoms in total. The average molecular weight is 701 g/mol. The van der Waals surface area contributed by atoms with Crippen molar-refractivity contribution in [2.75, 3.05) is 6.61 Å². The Bertz CT molecular complexity index is 1940. The van der Waals surface area contributed by atoms with Crippen LogP contribution in [0.3, 0.4) is 0 Å². The molecule has 3 saturated carbocycles. The predicted octanol–water partition coefficient (Wildman–Crippen LogP) is 3.30. The van der Waals surface area contributed by atoms with E-state index < -0.39 is 68.4 Å². The summed E-state index contributed by atoms with van der Waals surface area (Å²) in [5.41, 5.74) is 2.76. The Labute approximate surface area is 290 Å². The predicted molar refractivity (Wildman–Crippen MR) is 184 cm³/mol. The molecule has 13 heteroatoms. The number of allylic oxidation sites excluding steroid dienone is 1. The van der Waals surface area contributed by atoms with Gasteiger partial charge >= 0.3 is 0 Å². The summed E-state index contributed by atoms with van der Waals surface area (Å²) in [6.45, 7) is 5.69. The van der Waals surface area contributed by atoms with Crippen molar-refractivity contribution in [2.24, 2.45) is 22.9 Å². The molecule has 0 radical (unpaired) electrons. The standard InChI is InChI=1S/C37H40N4O8S/c1-3-22-20-37(22,36(45)41-50(46,47)25-13-14-25)39-35(44)31-19-24-18-30(31)34(43)38-21(2)32(42)11-5-4-8-16-48-23-12-15-27-26-9-6-7-10-28(26)33(40-49-24)29(27)17-23/h3-4,6-10,12,15,17,21-22,24-25,30-31H,1,5,11,13-14,16,18-20H2,2H3,(H,38,43)(H,39,44)(H,41,45)/b8-4+,40-33-/t21-,22+,24+,30-,31-,37-/m1/s1. The van der Waals surface area contributed by atoms with Crippen molar-refractivity contribution in [3.05, 3.63) is 78.4 Å². The van der Waals surface area contributed by atoms with E-state index in [4.69, 9.17) is 9.57 Å². The number of hydrogen-bond acceptors (Lipinski definition) is 9. The van der Waals surface area contributed by atoms with E-state index in [1.807, 2.05) is 54.6 Å². The molecule has 0 saturated heterocycles. The van der Waals surface area contributed by atoms with E-state index >= 15 is 0 Å². The number of oxime groups is 1. The molecular weight excluding hydrogens is 660 g/mol. The number of ketones is 1. The largest absolute Gasteiger partial charge is 0.490 e. The maximum absolute atomic E-state index is 14.0. The van der Waals surface area contributed by atoms with Gasteiger partial charge in [-0.25, -0.2) is 8.42 Å². The quantitative estimate of drug-likeness (QED) is 0.329. The van der Waals surface area contributed by atoms with Crippen molar-refractivity contribution >= 4 is 39.2 Å². The van der Waals surface area contributed by atoms with E-state index in [0.717, 1.165) is 22.3 Å². The van der Waals surface area contributed by atoms with Gasteiger partial charge in [0.1, 0.15) is 29.7 Å². The SMILES string of the molecule is C=C[C@H]1C[C@]1(NC(=O)[C@@H]1C[C@@H]2C[C@H]1C(=O)N[C@H](C)C(=O)CC/C=C/COc1ccc3c(c1)/C(=N\O2)c1ccccc1-3)C(=O)NS(=O)(=O)C1CC1. The topological polar surface area (TPSA) is 169 Å². The number of rotatable bonds is 6. The molecule has 50 heavy (non-hydrogen) atoms. The van der Waals surface area contributed by atoms with E-state index in [9.17, 15) is 27.6 Å². The van der Waals surface area contributed by atoms with Gasteiger partial charge in [0.05, 0.1) is 23.1 Å². The van der Waals surface area contributed by atoms with Gasteiger partial charge in [0.2, 0.25) is 21.8 Å². The Balaban J connectivity index is 1.18. The highest BCUT2D eigenvalue weighted by atomic mass is 32.2. The molecule has 6 atom stereocenters. The number of benzene rings is 2. The number of sulfonamides is 1. The van der Waals surface area contributed by atoms with Crippen LogP contribution in [0.25, 0.3) is 11.1 Å². The number of ether oxygens (including phenoxy) is 1. The lowest BCUT2D eigenvalue weighted by Crippen LogP contribution is -2.54. The first kappa shape index (κ1) is 33.7. The van der Waals surface area contributed by atoms with Crippen LogP contribution in [0.1, 0.15) is 63.0 Å². The van der Waals surface area contributed by atoms with Crippen LogP contribution < -0.4 is 20.1 Å². The first-order valence-corrected chi connectivity index (χ1v) is 18.6. The molecule has 4 aliphatic carbocycles. The smallest absolute Gasteiger partial charge is 0.259 e. The molecule has 5 aliphatic rings. The fourth-order valence-corrected chi connectivity index (χ4v) is 8.56. The molecule has 3 N–H and O–H groups in total. The molecule has 2 aromatic rings. The lowest BCUT2D eigenvalue weighted by Gasteiger charge is -2.24. The van der Waals surface area contributed by atoms with Crippen LogP contribution in [0.15, 0.2) is 72.4 Å². The molecule has 1 aliphatic heterocycles. The van der Waals surface area contributed by atoms with Crippen LogP contribution in [-0.2, 0) is 34.0 Å². The Morgan fingerprint density at radius 1 is 1.04 bits per heavy atom. The van der Waals surface area contributed by atoms with Crippen LogP contribution in [-0.4, -0.2) is 67.2 Å². The molecule has 0 spiro atoms. The normalized spacial score (nSPS) is 30.7. The molecule has 3 fully saturated rings. The summed E-state index contributed by atoms with van der Waals surface area (Å²) < 4.78 is 33.3. The zero-order chi connectivity index (χ0) is 35.2. The fourth-order valence-electron chi connectivity index (χ4n) is 7.20. The average Bonchev–Trinajstić information content (AvgIpc) is 4.01. The summed E-state index contributed by atoms with van der Waals surface area (Å²) >= 11 is 0. The molecule has 0 unspecified atom stereocenters. The second kappa shape index (κ2) is 13.2. The van der Waals surface area contributed by atoms with Gasteiger partial charge in [0.25, 0.3) is 5.91 Å². The zero-order valence-electron chi connectivity index (χ0n) is 27.7. The van der Waals surface area contributed by atoms with Gasteiger partial charge in [-0.15, -0.1) is 6.58 Å². The van der Waals surface area contributed by atoms with Gasteiger partial charge in [-0.1, -0.05) is 47.6 Å². The summed E-state index contributed by atoms with van der Waals surface area (Å²) in [6, 6.07) is 12.8. The van der Waals surface area contributed by atoms with Crippen molar-refractivity contribution < 1.29 is 37.2 Å². The number of fused-ring (bicyclic) bond motifs is 6. The van der Waals surface area contributed by atoms with Crippen LogP contribution in [0.5, 0.6) is 5.75 Å². The first-order valence-electron chi connectivity index (χ1n) is 17.1. The highest BCUT2D eigenvalue weighted by molar-refractivity contribution is 7.91. The van der Waals surface area contributed by atoms with Crippen LogP contribution >= 0.6 is 0 Å². The highest BCUT2D eigenvalue weighted by Gasteiger charge is 2.62. The number of nitrogens with one attached hydrogen (secondary N) is 3. The van der Waals surface area contributed by atoms with E-state index in [1.54, 1.807) is 6.92 Å². The van der Waals surface area contributed by atoms with Gasteiger partial charge < -0.3 is 20.2 Å². The van der Waals surface area contributed by atoms with Crippen molar-refractivity contribution in [3.8, 4) is 16.9 Å². The van der Waals surface area contributed by atoms with Crippen LogP contribution in [0.2, 0.25) is 0 Å². The van der Waals surface area contributed by atoms with Crippen LogP contribution in [0, 0.1) is 17.8 Å². The monoisotopic (exact) mass is 700 g/mol. The van der Waals surface area contributed by atoms with Crippen molar-refractivity contribution in [2.45, 2.75) is 74.8 Å². The number of hydrogen-bond donors (Lipinski definition) is 3. The lowest BCUT2D eigenvalue weighted by atomic mass is 9.93.